The van der Waals surface area contributed by atoms with Gasteiger partial charge in [0.2, 0.25) is 5.91 Å². The van der Waals surface area contributed by atoms with Crippen LogP contribution in [-0.2, 0) is 10.5 Å². The zero-order valence-corrected chi connectivity index (χ0v) is 10.7. The van der Waals surface area contributed by atoms with Crippen LogP contribution in [-0.4, -0.2) is 34.7 Å². The lowest BCUT2D eigenvalue weighted by Gasteiger charge is -2.16. The first-order valence-electron chi connectivity index (χ1n) is 5.25. The van der Waals surface area contributed by atoms with Crippen molar-refractivity contribution in [2.45, 2.75) is 17.9 Å². The smallest absolute Gasteiger partial charge is 0.240 e. The van der Waals surface area contributed by atoms with Gasteiger partial charge in [-0.15, -0.1) is 11.8 Å². The van der Waals surface area contributed by atoms with Gasteiger partial charge < -0.3 is 10.1 Å². The van der Waals surface area contributed by atoms with E-state index in [1.165, 1.54) is 10.5 Å². The van der Waals surface area contributed by atoms with Gasteiger partial charge in [0.05, 0.1) is 5.25 Å². The zero-order valence-electron chi connectivity index (χ0n) is 9.91. The zero-order chi connectivity index (χ0) is 12.7. The first-order valence-corrected chi connectivity index (χ1v) is 6.29. The van der Waals surface area contributed by atoms with Gasteiger partial charge in [0.15, 0.2) is 0 Å². The Bertz CT molecular complexity index is 381. The standard InChI is InChI=1S/C12H16N2O2S/c1-10(12(15)14(2)9-13-16)17-8-11-6-4-3-5-7-11/h3-7,9-10,16H,8H2,1-2H3. The molecular weight excluding hydrogens is 236 g/mol. The third kappa shape index (κ3) is 4.48. The minimum atomic E-state index is -0.168. The Morgan fingerprint density at radius 2 is 2.18 bits per heavy atom. The van der Waals surface area contributed by atoms with E-state index in [0.717, 1.165) is 12.1 Å². The Morgan fingerprint density at radius 3 is 2.76 bits per heavy atom. The molecule has 0 aliphatic heterocycles. The van der Waals surface area contributed by atoms with Gasteiger partial charge in [-0.3, -0.25) is 4.79 Å². The lowest BCUT2D eigenvalue weighted by Crippen LogP contribution is -2.32. The van der Waals surface area contributed by atoms with Crippen molar-refractivity contribution in [3.05, 3.63) is 35.9 Å². The first kappa shape index (κ1) is 13.6. The molecule has 0 fully saturated rings. The molecule has 0 saturated heterocycles. The molecule has 0 aromatic heterocycles. The summed E-state index contributed by atoms with van der Waals surface area (Å²) in [6.07, 6.45) is 1.10. The van der Waals surface area contributed by atoms with E-state index in [9.17, 15) is 4.79 Å². The molecule has 5 heteroatoms. The van der Waals surface area contributed by atoms with Crippen LogP contribution in [0.15, 0.2) is 35.5 Å². The predicted molar refractivity (Wildman–Crippen MR) is 70.2 cm³/mol. The SMILES string of the molecule is CC(SCc1ccccc1)C(=O)N(C)C=NO. The summed E-state index contributed by atoms with van der Waals surface area (Å²) in [6.45, 7) is 1.84. The molecule has 0 spiro atoms. The highest BCUT2D eigenvalue weighted by Gasteiger charge is 2.16. The fraction of sp³-hybridized carbons (Fsp3) is 0.333. The molecule has 17 heavy (non-hydrogen) atoms. The molecule has 1 unspecified atom stereocenters. The second kappa shape index (κ2) is 6.96. The largest absolute Gasteiger partial charge is 0.410 e. The van der Waals surface area contributed by atoms with Crippen LogP contribution in [0, 0.1) is 0 Å². The molecule has 0 saturated carbocycles. The molecule has 4 nitrogen and oxygen atoms in total. The molecule has 1 amide bonds. The number of rotatable bonds is 5. The highest BCUT2D eigenvalue weighted by Crippen LogP contribution is 2.18. The van der Waals surface area contributed by atoms with Gasteiger partial charge in [-0.2, -0.15) is 0 Å². The molecule has 0 bridgehead atoms. The molecule has 1 atom stereocenters. The van der Waals surface area contributed by atoms with E-state index in [4.69, 9.17) is 5.21 Å². The molecule has 0 heterocycles. The number of hydrogen-bond donors (Lipinski definition) is 1. The summed E-state index contributed by atoms with van der Waals surface area (Å²) >= 11 is 1.56. The number of amides is 1. The maximum absolute atomic E-state index is 11.8. The maximum Gasteiger partial charge on any atom is 0.240 e. The summed E-state index contributed by atoms with van der Waals surface area (Å²) < 4.78 is 0. The topological polar surface area (TPSA) is 52.9 Å². The van der Waals surface area contributed by atoms with Gasteiger partial charge in [-0.1, -0.05) is 35.5 Å². The van der Waals surface area contributed by atoms with Crippen LogP contribution in [0.3, 0.4) is 0 Å². The summed E-state index contributed by atoms with van der Waals surface area (Å²) in [5.74, 6) is 0.710. The van der Waals surface area contributed by atoms with Crippen LogP contribution < -0.4 is 0 Å². The molecule has 0 aliphatic rings. The van der Waals surface area contributed by atoms with Crippen molar-refractivity contribution < 1.29 is 10.0 Å². The van der Waals surface area contributed by atoms with Crippen molar-refractivity contribution >= 4 is 24.0 Å². The Morgan fingerprint density at radius 1 is 1.53 bits per heavy atom. The van der Waals surface area contributed by atoms with Gasteiger partial charge in [0.1, 0.15) is 6.34 Å². The molecule has 1 aromatic carbocycles. The van der Waals surface area contributed by atoms with Crippen molar-refractivity contribution in [2.24, 2.45) is 5.16 Å². The number of thioether (sulfide) groups is 1. The van der Waals surface area contributed by atoms with Crippen LogP contribution in [0.5, 0.6) is 0 Å². The number of nitrogens with zero attached hydrogens (tertiary/aromatic N) is 2. The second-order valence-electron chi connectivity index (χ2n) is 3.62. The number of carbonyl (C=O) groups excluding carboxylic acids is 1. The van der Waals surface area contributed by atoms with Crippen LogP contribution in [0.25, 0.3) is 0 Å². The Hall–Kier alpha value is -1.49. The second-order valence-corrected chi connectivity index (χ2v) is 4.95. The Balaban J connectivity index is 2.44. The van der Waals surface area contributed by atoms with Gasteiger partial charge in [0, 0.05) is 12.8 Å². The van der Waals surface area contributed by atoms with Gasteiger partial charge in [0.25, 0.3) is 0 Å². The minimum absolute atomic E-state index is 0.0799. The van der Waals surface area contributed by atoms with E-state index in [1.54, 1.807) is 18.8 Å². The van der Waals surface area contributed by atoms with Gasteiger partial charge >= 0.3 is 0 Å². The van der Waals surface area contributed by atoms with E-state index in [2.05, 4.69) is 5.16 Å². The average Bonchev–Trinajstić information content (AvgIpc) is 2.36. The minimum Gasteiger partial charge on any atom is -0.410 e. The number of benzene rings is 1. The summed E-state index contributed by atoms with van der Waals surface area (Å²) in [4.78, 5) is 13.0. The first-order chi connectivity index (χ1) is 8.15. The summed E-state index contributed by atoms with van der Waals surface area (Å²) in [5, 5.41) is 11.0. The van der Waals surface area contributed by atoms with Crippen molar-refractivity contribution in [1.82, 2.24) is 4.90 Å². The molecule has 92 valence electrons. The highest BCUT2D eigenvalue weighted by atomic mass is 32.2. The number of hydrogen-bond acceptors (Lipinski definition) is 4. The normalized spacial score (nSPS) is 12.6. The van der Waals surface area contributed by atoms with E-state index in [1.807, 2.05) is 37.3 Å². The molecule has 0 aliphatic carbocycles. The third-order valence-corrected chi connectivity index (χ3v) is 3.46. The van der Waals surface area contributed by atoms with Gasteiger partial charge in [-0.05, 0) is 12.5 Å². The lowest BCUT2D eigenvalue weighted by atomic mass is 10.2. The van der Waals surface area contributed by atoms with E-state index in [0.29, 0.717) is 0 Å². The summed E-state index contributed by atoms with van der Waals surface area (Å²) in [5.41, 5.74) is 1.19. The van der Waals surface area contributed by atoms with Crippen LogP contribution in [0.1, 0.15) is 12.5 Å². The van der Waals surface area contributed by atoms with E-state index < -0.39 is 0 Å². The fourth-order valence-corrected chi connectivity index (χ4v) is 2.23. The van der Waals surface area contributed by atoms with Crippen molar-refractivity contribution in [3.63, 3.8) is 0 Å². The van der Waals surface area contributed by atoms with Gasteiger partial charge in [-0.25, -0.2) is 0 Å². The molecule has 1 aromatic rings. The molecule has 0 radical (unpaired) electrons. The monoisotopic (exact) mass is 252 g/mol. The summed E-state index contributed by atoms with van der Waals surface area (Å²) in [7, 11) is 1.57. The molecule has 1 N–H and O–H groups in total. The molecule has 1 rings (SSSR count). The maximum atomic E-state index is 11.8. The average molecular weight is 252 g/mol. The Kier molecular flexibility index (Phi) is 5.56. The van der Waals surface area contributed by atoms with Crippen molar-refractivity contribution in [1.29, 1.82) is 0 Å². The lowest BCUT2D eigenvalue weighted by molar-refractivity contribution is -0.125. The van der Waals surface area contributed by atoms with Crippen LogP contribution in [0.4, 0.5) is 0 Å². The van der Waals surface area contributed by atoms with E-state index in [-0.39, 0.29) is 11.2 Å². The molecular formula is C12H16N2O2S. The highest BCUT2D eigenvalue weighted by molar-refractivity contribution is 7.99. The third-order valence-electron chi connectivity index (χ3n) is 2.26. The quantitative estimate of drug-likeness (QED) is 0.378. The van der Waals surface area contributed by atoms with Crippen LogP contribution >= 0.6 is 11.8 Å². The summed E-state index contributed by atoms with van der Waals surface area (Å²) in [6, 6.07) is 9.99. The van der Waals surface area contributed by atoms with Crippen molar-refractivity contribution in [2.75, 3.05) is 7.05 Å². The van der Waals surface area contributed by atoms with Crippen LogP contribution in [0.2, 0.25) is 0 Å². The number of carbonyl (C=O) groups is 1. The predicted octanol–water partition coefficient (Wildman–Crippen LogP) is 2.18. The van der Waals surface area contributed by atoms with Crippen molar-refractivity contribution in [3.8, 4) is 0 Å². The fourth-order valence-electron chi connectivity index (χ4n) is 1.29. The van der Waals surface area contributed by atoms with E-state index >= 15 is 0 Å². The Labute approximate surface area is 105 Å². The number of oxime groups is 1.